The molecule has 0 N–H and O–H groups in total. The molecule has 0 radical (unpaired) electrons. The Labute approximate surface area is 115 Å². The number of ether oxygens (including phenoxy) is 1. The Morgan fingerprint density at radius 2 is 2.15 bits per heavy atom. The van der Waals surface area contributed by atoms with E-state index in [4.69, 9.17) is 16.3 Å². The molecule has 0 atom stereocenters. The molecule has 2 aromatic heterocycles. The van der Waals surface area contributed by atoms with Gasteiger partial charge >= 0.3 is 6.18 Å². The zero-order valence-corrected chi connectivity index (χ0v) is 10.6. The number of pyridine rings is 1. The molecule has 1 fully saturated rings. The molecule has 20 heavy (non-hydrogen) atoms. The Morgan fingerprint density at radius 3 is 2.65 bits per heavy atom. The first-order chi connectivity index (χ1) is 9.41. The predicted octanol–water partition coefficient (Wildman–Crippen LogP) is 2.49. The van der Waals surface area contributed by atoms with Gasteiger partial charge in [-0.2, -0.15) is 18.3 Å². The summed E-state index contributed by atoms with van der Waals surface area (Å²) in [6, 6.07) is 0.758. The van der Waals surface area contributed by atoms with Crippen LogP contribution in [0.4, 0.5) is 13.2 Å². The number of carbonyl (C=O) groups excluding carboxylic acids is 1. The standard InChI is InChI=1S/C11H7ClF3N3O2/c12-7-1-5(2-19)8-9(11(13,14)15)17-18(10(8)16-7)6-3-20-4-6/h1-2,6H,3-4H2. The number of hydrogen-bond acceptors (Lipinski definition) is 4. The average Bonchev–Trinajstić information content (AvgIpc) is 2.65. The number of fused-ring (bicyclic) bond motifs is 1. The molecule has 1 aliphatic heterocycles. The number of nitrogens with zero attached hydrogens (tertiary/aromatic N) is 3. The summed E-state index contributed by atoms with van der Waals surface area (Å²) in [5.41, 5.74) is -1.37. The summed E-state index contributed by atoms with van der Waals surface area (Å²) in [5, 5.41) is 3.17. The first-order valence-corrected chi connectivity index (χ1v) is 5.98. The highest BCUT2D eigenvalue weighted by molar-refractivity contribution is 6.30. The van der Waals surface area contributed by atoms with Crippen molar-refractivity contribution >= 4 is 28.9 Å². The zero-order chi connectivity index (χ0) is 14.5. The third kappa shape index (κ3) is 1.95. The van der Waals surface area contributed by atoms with Crippen molar-refractivity contribution in [1.29, 1.82) is 0 Å². The van der Waals surface area contributed by atoms with E-state index in [1.165, 1.54) is 0 Å². The van der Waals surface area contributed by atoms with E-state index in [9.17, 15) is 18.0 Å². The third-order valence-corrected chi connectivity index (χ3v) is 3.22. The minimum Gasteiger partial charge on any atom is -0.377 e. The Kier molecular flexibility index (Phi) is 2.94. The van der Waals surface area contributed by atoms with Gasteiger partial charge in [0.15, 0.2) is 17.6 Å². The highest BCUT2D eigenvalue weighted by Crippen LogP contribution is 2.37. The van der Waals surface area contributed by atoms with Crippen LogP contribution in [0, 0.1) is 0 Å². The van der Waals surface area contributed by atoms with Crippen LogP contribution in [-0.2, 0) is 10.9 Å². The Bertz CT molecular complexity index is 694. The summed E-state index contributed by atoms with van der Waals surface area (Å²) in [6.45, 7) is 0.497. The minimum atomic E-state index is -4.68. The number of aromatic nitrogens is 3. The topological polar surface area (TPSA) is 57.0 Å². The summed E-state index contributed by atoms with van der Waals surface area (Å²) < 4.78 is 45.2. The number of aldehydes is 1. The molecular formula is C11H7ClF3N3O2. The highest BCUT2D eigenvalue weighted by Gasteiger charge is 2.40. The molecule has 1 aliphatic rings. The van der Waals surface area contributed by atoms with Crippen LogP contribution in [-0.4, -0.2) is 34.3 Å². The third-order valence-electron chi connectivity index (χ3n) is 3.02. The Balaban J connectivity index is 2.36. The molecule has 9 heteroatoms. The van der Waals surface area contributed by atoms with Crippen LogP contribution in [0.1, 0.15) is 22.1 Å². The van der Waals surface area contributed by atoms with Gasteiger partial charge in [0.1, 0.15) is 11.2 Å². The van der Waals surface area contributed by atoms with E-state index in [-0.39, 0.29) is 41.0 Å². The Hall–Kier alpha value is -1.67. The maximum atomic E-state index is 13.0. The molecule has 0 spiro atoms. The lowest BCUT2D eigenvalue weighted by atomic mass is 10.1. The van der Waals surface area contributed by atoms with Gasteiger partial charge in [-0.15, -0.1) is 0 Å². The number of carbonyl (C=O) groups is 1. The first kappa shape index (κ1) is 13.3. The van der Waals surface area contributed by atoms with Crippen LogP contribution in [0.15, 0.2) is 6.07 Å². The molecule has 0 amide bonds. The molecule has 5 nitrogen and oxygen atoms in total. The van der Waals surface area contributed by atoms with Gasteiger partial charge < -0.3 is 4.74 Å². The van der Waals surface area contributed by atoms with Crippen molar-refractivity contribution in [3.05, 3.63) is 22.5 Å². The lowest BCUT2D eigenvalue weighted by Crippen LogP contribution is -2.31. The van der Waals surface area contributed by atoms with E-state index in [0.717, 1.165) is 10.7 Å². The van der Waals surface area contributed by atoms with E-state index in [2.05, 4.69) is 10.1 Å². The van der Waals surface area contributed by atoms with Crippen LogP contribution < -0.4 is 0 Å². The van der Waals surface area contributed by atoms with Crippen LogP contribution >= 0.6 is 11.6 Å². The summed E-state index contributed by atoms with van der Waals surface area (Å²) in [6.07, 6.45) is -4.37. The maximum Gasteiger partial charge on any atom is 0.435 e. The molecule has 0 bridgehead atoms. The number of halogens is 4. The highest BCUT2D eigenvalue weighted by atomic mass is 35.5. The average molecular weight is 306 g/mol. The van der Waals surface area contributed by atoms with Crippen molar-refractivity contribution in [3.63, 3.8) is 0 Å². The fourth-order valence-electron chi connectivity index (χ4n) is 2.04. The van der Waals surface area contributed by atoms with Gasteiger partial charge in [-0.05, 0) is 6.07 Å². The monoisotopic (exact) mass is 305 g/mol. The first-order valence-electron chi connectivity index (χ1n) is 5.60. The van der Waals surface area contributed by atoms with Gasteiger partial charge in [-0.1, -0.05) is 11.6 Å². The fourth-order valence-corrected chi connectivity index (χ4v) is 2.24. The van der Waals surface area contributed by atoms with Crippen LogP contribution in [0.2, 0.25) is 5.15 Å². The largest absolute Gasteiger partial charge is 0.435 e. The van der Waals surface area contributed by atoms with E-state index < -0.39 is 11.9 Å². The Morgan fingerprint density at radius 1 is 1.45 bits per heavy atom. The summed E-state index contributed by atoms with van der Waals surface area (Å²) in [4.78, 5) is 14.9. The molecule has 0 unspecified atom stereocenters. The lowest BCUT2D eigenvalue weighted by molar-refractivity contribution is -0.140. The van der Waals surface area contributed by atoms with Crippen LogP contribution in [0.3, 0.4) is 0 Å². The molecule has 0 aliphatic carbocycles. The molecule has 106 valence electrons. The minimum absolute atomic E-state index is 0.0553. The lowest BCUT2D eigenvalue weighted by Gasteiger charge is -2.26. The summed E-state index contributed by atoms with van der Waals surface area (Å²) >= 11 is 5.74. The van der Waals surface area contributed by atoms with Gasteiger partial charge in [-0.25, -0.2) is 9.67 Å². The fraction of sp³-hybridized carbons (Fsp3) is 0.364. The molecule has 3 rings (SSSR count). The van der Waals surface area contributed by atoms with E-state index in [1.807, 2.05) is 0 Å². The molecule has 0 aromatic carbocycles. The van der Waals surface area contributed by atoms with Crippen LogP contribution in [0.5, 0.6) is 0 Å². The van der Waals surface area contributed by atoms with Crippen molar-refractivity contribution in [2.75, 3.05) is 13.2 Å². The number of hydrogen-bond donors (Lipinski definition) is 0. The maximum absolute atomic E-state index is 13.0. The normalized spacial score (nSPS) is 16.4. The molecule has 2 aromatic rings. The second-order valence-corrected chi connectivity index (χ2v) is 4.72. The van der Waals surface area contributed by atoms with Gasteiger partial charge in [0.25, 0.3) is 0 Å². The summed E-state index contributed by atoms with van der Waals surface area (Å²) in [7, 11) is 0. The smallest absolute Gasteiger partial charge is 0.377 e. The van der Waals surface area contributed by atoms with Crippen molar-refractivity contribution in [2.45, 2.75) is 12.2 Å². The van der Waals surface area contributed by atoms with Gasteiger partial charge in [0, 0.05) is 5.56 Å². The van der Waals surface area contributed by atoms with Crippen molar-refractivity contribution in [1.82, 2.24) is 14.8 Å². The molecule has 1 saturated heterocycles. The second-order valence-electron chi connectivity index (χ2n) is 4.33. The zero-order valence-electron chi connectivity index (χ0n) is 9.82. The SMILES string of the molecule is O=Cc1cc(Cl)nc2c1c(C(F)(F)F)nn2C1COC1. The van der Waals surface area contributed by atoms with Gasteiger partial charge in [0.05, 0.1) is 18.6 Å². The quantitative estimate of drug-likeness (QED) is 0.632. The number of rotatable bonds is 2. The number of alkyl halides is 3. The van der Waals surface area contributed by atoms with Crippen molar-refractivity contribution in [2.24, 2.45) is 0 Å². The van der Waals surface area contributed by atoms with E-state index in [1.54, 1.807) is 0 Å². The van der Waals surface area contributed by atoms with Crippen LogP contribution in [0.25, 0.3) is 11.0 Å². The van der Waals surface area contributed by atoms with Crippen molar-refractivity contribution in [3.8, 4) is 0 Å². The predicted molar refractivity (Wildman–Crippen MR) is 62.8 cm³/mol. The second kappa shape index (κ2) is 4.42. The van der Waals surface area contributed by atoms with Gasteiger partial charge in [-0.3, -0.25) is 4.79 Å². The molecule has 3 heterocycles. The van der Waals surface area contributed by atoms with Crippen molar-refractivity contribution < 1.29 is 22.7 Å². The van der Waals surface area contributed by atoms with Gasteiger partial charge in [0.2, 0.25) is 0 Å². The van der Waals surface area contributed by atoms with E-state index >= 15 is 0 Å². The molecular weight excluding hydrogens is 299 g/mol. The molecule has 0 saturated carbocycles. The summed E-state index contributed by atoms with van der Waals surface area (Å²) in [5.74, 6) is 0. The van der Waals surface area contributed by atoms with E-state index in [0.29, 0.717) is 6.29 Å².